The highest BCUT2D eigenvalue weighted by Gasteiger charge is 2.49. The second-order valence-corrected chi connectivity index (χ2v) is 9.92. The monoisotopic (exact) mass is 457 g/mol. The molecule has 33 heavy (non-hydrogen) atoms. The molecule has 0 bridgehead atoms. The van der Waals surface area contributed by atoms with Gasteiger partial charge in [0, 0.05) is 18.9 Å². The van der Waals surface area contributed by atoms with Crippen LogP contribution in [0.3, 0.4) is 0 Å². The van der Waals surface area contributed by atoms with Crippen LogP contribution in [0.25, 0.3) is 0 Å². The molecule has 2 N–H and O–H groups in total. The summed E-state index contributed by atoms with van der Waals surface area (Å²) in [5, 5.41) is 5.58. The van der Waals surface area contributed by atoms with Crippen LogP contribution in [0, 0.1) is 23.7 Å². The van der Waals surface area contributed by atoms with Gasteiger partial charge in [-0.05, 0) is 43.4 Å². The Balaban J connectivity index is 1.74. The predicted molar refractivity (Wildman–Crippen MR) is 122 cm³/mol. The zero-order chi connectivity index (χ0) is 24.3. The number of carbonyl (C=O) groups excluding carboxylic acids is 4. The zero-order valence-electron chi connectivity index (χ0n) is 20.1. The first kappa shape index (κ1) is 24.8. The second-order valence-electron chi connectivity index (χ2n) is 9.92. The van der Waals surface area contributed by atoms with Gasteiger partial charge in [-0.2, -0.15) is 0 Å². The molecular formula is C24H35N5O4. The van der Waals surface area contributed by atoms with Crippen LogP contribution in [0.15, 0.2) is 18.6 Å². The number of fused-ring (bicyclic) bond motifs is 1. The summed E-state index contributed by atoms with van der Waals surface area (Å²) >= 11 is 0. The Morgan fingerprint density at radius 3 is 2.27 bits per heavy atom. The van der Waals surface area contributed by atoms with Crippen molar-refractivity contribution in [2.75, 3.05) is 6.54 Å². The topological polar surface area (TPSA) is 121 Å². The van der Waals surface area contributed by atoms with Gasteiger partial charge in [0.1, 0.15) is 17.8 Å². The van der Waals surface area contributed by atoms with E-state index in [4.69, 9.17) is 0 Å². The maximum Gasteiger partial charge on any atom is 0.272 e. The van der Waals surface area contributed by atoms with Gasteiger partial charge in [-0.25, -0.2) is 4.98 Å². The van der Waals surface area contributed by atoms with Crippen molar-refractivity contribution in [2.45, 2.75) is 72.0 Å². The molecule has 0 spiro atoms. The molecule has 1 aliphatic carbocycles. The van der Waals surface area contributed by atoms with Crippen molar-refractivity contribution in [1.82, 2.24) is 25.5 Å². The minimum Gasteiger partial charge on any atom is -0.342 e. The Labute approximate surface area is 195 Å². The van der Waals surface area contributed by atoms with Crippen molar-refractivity contribution in [3.8, 4) is 0 Å². The van der Waals surface area contributed by atoms with Crippen LogP contribution in [0.5, 0.6) is 0 Å². The van der Waals surface area contributed by atoms with Gasteiger partial charge < -0.3 is 15.5 Å². The van der Waals surface area contributed by atoms with Crippen LogP contribution in [-0.2, 0) is 14.4 Å². The average molecular weight is 458 g/mol. The molecule has 1 aliphatic heterocycles. The van der Waals surface area contributed by atoms with E-state index < -0.39 is 29.9 Å². The first-order valence-electron chi connectivity index (χ1n) is 11.8. The van der Waals surface area contributed by atoms with Crippen LogP contribution >= 0.6 is 0 Å². The molecule has 1 unspecified atom stereocenters. The molecule has 2 heterocycles. The average Bonchev–Trinajstić information content (AvgIpc) is 3.36. The fourth-order valence-corrected chi connectivity index (χ4v) is 5.15. The van der Waals surface area contributed by atoms with Gasteiger partial charge in [0.2, 0.25) is 11.8 Å². The van der Waals surface area contributed by atoms with E-state index >= 15 is 0 Å². The number of aromatic nitrogens is 2. The number of ketones is 1. The quantitative estimate of drug-likeness (QED) is 0.611. The molecule has 9 nitrogen and oxygen atoms in total. The molecule has 1 saturated heterocycles. The lowest BCUT2D eigenvalue weighted by Crippen LogP contribution is -2.58. The minimum absolute atomic E-state index is 0.00266. The summed E-state index contributed by atoms with van der Waals surface area (Å²) in [7, 11) is 0. The number of likely N-dealkylation sites (tertiary alicyclic amines) is 1. The van der Waals surface area contributed by atoms with Crippen LogP contribution in [0.2, 0.25) is 0 Å². The number of hydrogen-bond acceptors (Lipinski definition) is 6. The maximum absolute atomic E-state index is 13.6. The van der Waals surface area contributed by atoms with Gasteiger partial charge in [0.05, 0.1) is 12.2 Å². The minimum atomic E-state index is -0.852. The summed E-state index contributed by atoms with van der Waals surface area (Å²) in [6, 6.07) is -2.05. The van der Waals surface area contributed by atoms with E-state index in [2.05, 4.69) is 20.6 Å². The van der Waals surface area contributed by atoms with Crippen molar-refractivity contribution in [2.24, 2.45) is 23.7 Å². The lowest BCUT2D eigenvalue weighted by molar-refractivity contribution is -0.142. The number of Topliss-reactive ketones (excluding diaryl/α,β-unsaturated/α-hetero) is 1. The molecule has 3 rings (SSSR count). The third-order valence-corrected chi connectivity index (χ3v) is 6.85. The van der Waals surface area contributed by atoms with Gasteiger partial charge in [0.25, 0.3) is 5.91 Å². The van der Waals surface area contributed by atoms with Crippen molar-refractivity contribution in [3.05, 3.63) is 24.3 Å². The normalized spacial score (nSPS) is 23.8. The van der Waals surface area contributed by atoms with E-state index in [9.17, 15) is 19.2 Å². The van der Waals surface area contributed by atoms with E-state index in [1.807, 2.05) is 27.7 Å². The fraction of sp³-hybridized carbons (Fsp3) is 0.667. The van der Waals surface area contributed by atoms with E-state index in [1.54, 1.807) is 11.8 Å². The Morgan fingerprint density at radius 2 is 1.70 bits per heavy atom. The van der Waals surface area contributed by atoms with Crippen molar-refractivity contribution >= 4 is 23.5 Å². The van der Waals surface area contributed by atoms with Gasteiger partial charge in [-0.3, -0.25) is 24.2 Å². The van der Waals surface area contributed by atoms with Crippen molar-refractivity contribution in [1.29, 1.82) is 0 Å². The standard InChI is InChI=1S/C24H35N5O4/c1-13(2)19(27-22(31)18-11-25-9-10-26-18)23(32)28-20(14(3)4)24(33)29-12-16-7-6-8-17(16)21(29)15(5)30/h9-11,13-14,16-17,19-21H,6-8,12H2,1-5H3,(H,27,31)(H,28,32)/t16-,17-,19-,20-,21?/m0/s1. The number of carbonyl (C=O) groups is 4. The lowest BCUT2D eigenvalue weighted by atomic mass is 9.91. The summed E-state index contributed by atoms with van der Waals surface area (Å²) in [6.45, 7) is 9.48. The molecule has 3 amide bonds. The highest BCUT2D eigenvalue weighted by Crippen LogP contribution is 2.42. The lowest BCUT2D eigenvalue weighted by Gasteiger charge is -2.33. The Bertz CT molecular complexity index is 888. The molecule has 9 heteroatoms. The number of nitrogens with zero attached hydrogens (tertiary/aromatic N) is 3. The maximum atomic E-state index is 13.6. The molecule has 180 valence electrons. The van der Waals surface area contributed by atoms with Crippen LogP contribution in [0.4, 0.5) is 0 Å². The highest BCUT2D eigenvalue weighted by molar-refractivity contribution is 5.98. The SMILES string of the molecule is CC(=O)C1[C@H]2CCC[C@H]2CN1C(=O)[C@@H](NC(=O)[C@@H](NC(=O)c1cnccn1)C(C)C)C(C)C. The van der Waals surface area contributed by atoms with Gasteiger partial charge in [-0.15, -0.1) is 0 Å². The van der Waals surface area contributed by atoms with E-state index in [0.29, 0.717) is 12.5 Å². The van der Waals surface area contributed by atoms with Crippen LogP contribution in [-0.4, -0.2) is 63.0 Å². The molecule has 2 fully saturated rings. The summed E-state index contributed by atoms with van der Waals surface area (Å²) in [4.78, 5) is 61.3. The molecule has 0 radical (unpaired) electrons. The molecule has 0 aromatic carbocycles. The van der Waals surface area contributed by atoms with Crippen molar-refractivity contribution in [3.63, 3.8) is 0 Å². The number of hydrogen-bond donors (Lipinski definition) is 2. The molecule has 1 aromatic rings. The Hall–Kier alpha value is -2.84. The van der Waals surface area contributed by atoms with E-state index in [-0.39, 0.29) is 35.1 Å². The number of rotatable bonds is 8. The van der Waals surface area contributed by atoms with Crippen LogP contribution < -0.4 is 10.6 Å². The molecule has 1 saturated carbocycles. The smallest absolute Gasteiger partial charge is 0.272 e. The largest absolute Gasteiger partial charge is 0.342 e. The molecule has 1 aromatic heterocycles. The summed E-state index contributed by atoms with van der Waals surface area (Å²) in [6.07, 6.45) is 7.28. The molecular weight excluding hydrogens is 422 g/mol. The fourth-order valence-electron chi connectivity index (χ4n) is 5.15. The van der Waals surface area contributed by atoms with Gasteiger partial charge in [-0.1, -0.05) is 34.1 Å². The number of nitrogens with one attached hydrogen (secondary N) is 2. The Morgan fingerprint density at radius 1 is 1.00 bits per heavy atom. The van der Waals surface area contributed by atoms with E-state index in [1.165, 1.54) is 18.6 Å². The first-order valence-corrected chi connectivity index (χ1v) is 11.8. The molecule has 5 atom stereocenters. The Kier molecular flexibility index (Phi) is 7.81. The number of amides is 3. The predicted octanol–water partition coefficient (Wildman–Crippen LogP) is 1.59. The third-order valence-electron chi connectivity index (χ3n) is 6.85. The molecule has 2 aliphatic rings. The summed E-state index contributed by atoms with van der Waals surface area (Å²) in [5.41, 5.74) is 0.111. The van der Waals surface area contributed by atoms with Crippen molar-refractivity contribution < 1.29 is 19.2 Å². The summed E-state index contributed by atoms with van der Waals surface area (Å²) in [5.74, 6) is -1.01. The zero-order valence-corrected chi connectivity index (χ0v) is 20.1. The third kappa shape index (κ3) is 5.39. The van der Waals surface area contributed by atoms with Gasteiger partial charge >= 0.3 is 0 Å². The first-order chi connectivity index (χ1) is 15.6. The summed E-state index contributed by atoms with van der Waals surface area (Å²) < 4.78 is 0. The highest BCUT2D eigenvalue weighted by atomic mass is 16.2. The second kappa shape index (κ2) is 10.4. The van der Waals surface area contributed by atoms with E-state index in [0.717, 1.165) is 19.3 Å². The van der Waals surface area contributed by atoms with Gasteiger partial charge in [0.15, 0.2) is 5.78 Å². The van der Waals surface area contributed by atoms with Crippen LogP contribution in [0.1, 0.15) is 64.4 Å².